The molecule has 2 amide bonds. The van der Waals surface area contributed by atoms with Crippen LogP contribution in [-0.2, 0) is 16.1 Å². The Balaban J connectivity index is 2.24. The number of ether oxygens (including phenoxy) is 1. The van der Waals surface area contributed by atoms with Crippen molar-refractivity contribution in [3.05, 3.63) is 64.7 Å². The number of amides is 2. The number of carbonyl (C=O) groups excluding carboxylic acids is 2. The quantitative estimate of drug-likeness (QED) is 0.699. The van der Waals surface area contributed by atoms with Gasteiger partial charge in [0.25, 0.3) is 5.91 Å². The number of nitrogens with zero attached hydrogens (tertiary/aromatic N) is 1. The smallest absolute Gasteiger partial charge is 0.261 e. The summed E-state index contributed by atoms with van der Waals surface area (Å²) < 4.78 is 5.84. The van der Waals surface area contributed by atoms with Gasteiger partial charge in [0.15, 0.2) is 6.61 Å². The molecule has 2 aromatic carbocycles. The maximum absolute atomic E-state index is 13.2. The lowest BCUT2D eigenvalue weighted by molar-refractivity contribution is -0.142. The normalized spacial score (nSPS) is 11.6. The van der Waals surface area contributed by atoms with E-state index in [0.717, 1.165) is 22.3 Å². The van der Waals surface area contributed by atoms with Gasteiger partial charge in [0.1, 0.15) is 11.8 Å². The zero-order valence-electron chi connectivity index (χ0n) is 18.1. The van der Waals surface area contributed by atoms with Crippen molar-refractivity contribution in [2.75, 3.05) is 13.2 Å². The Kier molecular flexibility index (Phi) is 8.25. The largest absolute Gasteiger partial charge is 0.483 e. The van der Waals surface area contributed by atoms with Crippen LogP contribution in [0, 0.1) is 20.8 Å². The average molecular weight is 397 g/mol. The van der Waals surface area contributed by atoms with E-state index in [1.165, 1.54) is 0 Å². The zero-order chi connectivity index (χ0) is 21.4. The van der Waals surface area contributed by atoms with Gasteiger partial charge < -0.3 is 15.0 Å². The van der Waals surface area contributed by atoms with Crippen LogP contribution < -0.4 is 10.1 Å². The van der Waals surface area contributed by atoms with Crippen LogP contribution in [0.2, 0.25) is 0 Å². The molecule has 0 saturated heterocycles. The van der Waals surface area contributed by atoms with Gasteiger partial charge in [0, 0.05) is 13.1 Å². The van der Waals surface area contributed by atoms with Gasteiger partial charge in [-0.1, -0.05) is 43.3 Å². The lowest BCUT2D eigenvalue weighted by Crippen LogP contribution is -2.50. The van der Waals surface area contributed by atoms with Crippen LogP contribution in [0.1, 0.15) is 42.5 Å². The molecule has 2 rings (SSSR count). The minimum Gasteiger partial charge on any atom is -0.483 e. The predicted molar refractivity (Wildman–Crippen MR) is 116 cm³/mol. The number of aryl methyl sites for hydroxylation is 2. The molecule has 0 saturated carbocycles. The van der Waals surface area contributed by atoms with Crippen LogP contribution >= 0.6 is 0 Å². The minimum atomic E-state index is -0.538. The number of hydrogen-bond acceptors (Lipinski definition) is 3. The van der Waals surface area contributed by atoms with Crippen molar-refractivity contribution >= 4 is 11.8 Å². The van der Waals surface area contributed by atoms with Gasteiger partial charge in [-0.15, -0.1) is 0 Å². The van der Waals surface area contributed by atoms with Crippen molar-refractivity contribution < 1.29 is 14.3 Å². The average Bonchev–Trinajstić information content (AvgIpc) is 2.70. The summed E-state index contributed by atoms with van der Waals surface area (Å²) in [7, 11) is 0. The molecule has 5 nitrogen and oxygen atoms in total. The fourth-order valence-corrected chi connectivity index (χ4v) is 3.29. The summed E-state index contributed by atoms with van der Waals surface area (Å²) >= 11 is 0. The van der Waals surface area contributed by atoms with Crippen molar-refractivity contribution in [3.63, 3.8) is 0 Å². The first-order chi connectivity index (χ1) is 13.9. The second-order valence-corrected chi connectivity index (χ2v) is 7.25. The van der Waals surface area contributed by atoms with Crippen molar-refractivity contribution in [2.45, 2.75) is 53.6 Å². The van der Waals surface area contributed by atoms with Gasteiger partial charge in [-0.05, 0) is 62.4 Å². The summed E-state index contributed by atoms with van der Waals surface area (Å²) in [4.78, 5) is 27.4. The Bertz CT molecular complexity index is 848. The third kappa shape index (κ3) is 5.83. The monoisotopic (exact) mass is 396 g/mol. The number of benzene rings is 2. The predicted octanol–water partition coefficient (Wildman–Crippen LogP) is 3.93. The van der Waals surface area contributed by atoms with Gasteiger partial charge in [0.2, 0.25) is 5.91 Å². The van der Waals surface area contributed by atoms with E-state index >= 15 is 0 Å². The Morgan fingerprint density at radius 1 is 1.00 bits per heavy atom. The lowest BCUT2D eigenvalue weighted by atomic mass is 10.1. The molecule has 0 aromatic heterocycles. The zero-order valence-corrected chi connectivity index (χ0v) is 18.1. The van der Waals surface area contributed by atoms with Crippen LogP contribution in [0.5, 0.6) is 5.75 Å². The molecule has 0 fully saturated rings. The summed E-state index contributed by atoms with van der Waals surface area (Å²) in [6.45, 7) is 10.6. The molecule has 1 N–H and O–H groups in total. The Morgan fingerprint density at radius 3 is 2.34 bits per heavy atom. The highest BCUT2D eigenvalue weighted by atomic mass is 16.5. The van der Waals surface area contributed by atoms with Crippen LogP contribution in [0.3, 0.4) is 0 Å². The highest BCUT2D eigenvalue weighted by Crippen LogP contribution is 2.21. The van der Waals surface area contributed by atoms with Crippen molar-refractivity contribution in [1.29, 1.82) is 0 Å². The van der Waals surface area contributed by atoms with E-state index in [1.807, 2.05) is 77.1 Å². The maximum atomic E-state index is 13.2. The summed E-state index contributed by atoms with van der Waals surface area (Å²) in [5.74, 6) is 0.358. The third-order valence-corrected chi connectivity index (χ3v) is 5.24. The fraction of sp³-hybridized carbons (Fsp3) is 0.417. The molecule has 0 aliphatic heterocycles. The molecule has 0 aliphatic carbocycles. The molecule has 1 atom stereocenters. The van der Waals surface area contributed by atoms with E-state index < -0.39 is 6.04 Å². The van der Waals surface area contributed by atoms with Gasteiger partial charge in [-0.25, -0.2) is 0 Å². The Morgan fingerprint density at radius 2 is 1.69 bits per heavy atom. The van der Waals surface area contributed by atoms with Gasteiger partial charge in [-0.2, -0.15) is 0 Å². The highest BCUT2D eigenvalue weighted by Gasteiger charge is 2.29. The maximum Gasteiger partial charge on any atom is 0.261 e. The number of nitrogens with one attached hydrogen (secondary N) is 1. The number of carbonyl (C=O) groups is 2. The second kappa shape index (κ2) is 10.6. The number of rotatable bonds is 9. The first-order valence-corrected chi connectivity index (χ1v) is 10.2. The molecule has 2 aromatic rings. The van der Waals surface area contributed by atoms with Gasteiger partial charge in [0.05, 0.1) is 0 Å². The Hall–Kier alpha value is -2.82. The Labute approximate surface area is 174 Å². The molecule has 156 valence electrons. The topological polar surface area (TPSA) is 58.6 Å². The molecule has 0 radical (unpaired) electrons. The standard InChI is InChI=1S/C24H32N2O3/c1-6-21(24(28)25-7-2)26(15-20-13-9-8-11-18(20)4)23(27)16-29-22-14-10-12-17(3)19(22)5/h8-14,21H,6-7,15-16H2,1-5H3,(H,25,28)/t21-/m0/s1. The van der Waals surface area contributed by atoms with E-state index in [9.17, 15) is 9.59 Å². The summed E-state index contributed by atoms with van der Waals surface area (Å²) in [5.41, 5.74) is 4.24. The summed E-state index contributed by atoms with van der Waals surface area (Å²) in [6.07, 6.45) is 0.535. The van der Waals surface area contributed by atoms with Crippen LogP contribution in [-0.4, -0.2) is 35.9 Å². The van der Waals surface area contributed by atoms with Crippen molar-refractivity contribution in [3.8, 4) is 5.75 Å². The first kappa shape index (κ1) is 22.5. The lowest BCUT2D eigenvalue weighted by Gasteiger charge is -2.31. The highest BCUT2D eigenvalue weighted by molar-refractivity contribution is 5.88. The number of hydrogen-bond donors (Lipinski definition) is 1. The van der Waals surface area contributed by atoms with E-state index in [4.69, 9.17) is 4.74 Å². The molecule has 0 spiro atoms. The molecular weight excluding hydrogens is 364 g/mol. The molecular formula is C24H32N2O3. The van der Waals surface area contributed by atoms with Crippen LogP contribution in [0.15, 0.2) is 42.5 Å². The van der Waals surface area contributed by atoms with Crippen molar-refractivity contribution in [1.82, 2.24) is 10.2 Å². The molecule has 0 aliphatic rings. The van der Waals surface area contributed by atoms with E-state index in [1.54, 1.807) is 4.90 Å². The van der Waals surface area contributed by atoms with E-state index in [0.29, 0.717) is 25.3 Å². The van der Waals surface area contributed by atoms with Crippen LogP contribution in [0.4, 0.5) is 0 Å². The minimum absolute atomic E-state index is 0.105. The van der Waals surface area contributed by atoms with Crippen molar-refractivity contribution in [2.24, 2.45) is 0 Å². The van der Waals surface area contributed by atoms with Gasteiger partial charge in [-0.3, -0.25) is 9.59 Å². The SMILES string of the molecule is CCNC(=O)[C@H](CC)N(Cc1ccccc1C)C(=O)COc1cccc(C)c1C. The van der Waals surface area contributed by atoms with Crippen LogP contribution in [0.25, 0.3) is 0 Å². The molecule has 29 heavy (non-hydrogen) atoms. The van der Waals surface area contributed by atoms with Gasteiger partial charge >= 0.3 is 0 Å². The fourth-order valence-electron chi connectivity index (χ4n) is 3.29. The second-order valence-electron chi connectivity index (χ2n) is 7.25. The van der Waals surface area contributed by atoms with E-state index in [-0.39, 0.29) is 18.4 Å². The van der Waals surface area contributed by atoms with E-state index in [2.05, 4.69) is 5.32 Å². The summed E-state index contributed by atoms with van der Waals surface area (Å²) in [6, 6.07) is 13.2. The summed E-state index contributed by atoms with van der Waals surface area (Å²) in [5, 5.41) is 2.85. The molecule has 0 bridgehead atoms. The third-order valence-electron chi connectivity index (χ3n) is 5.24. The first-order valence-electron chi connectivity index (χ1n) is 10.2. The number of likely N-dealkylation sites (N-methyl/N-ethyl adjacent to an activating group) is 1. The molecule has 5 heteroatoms. The molecule has 0 heterocycles. The molecule has 0 unspecified atom stereocenters.